The lowest BCUT2D eigenvalue weighted by atomic mass is 10.0. The predicted molar refractivity (Wildman–Crippen MR) is 151 cm³/mol. The van der Waals surface area contributed by atoms with Crippen molar-refractivity contribution in [3.05, 3.63) is 34.4 Å². The summed E-state index contributed by atoms with van der Waals surface area (Å²) >= 11 is 0. The van der Waals surface area contributed by atoms with Gasteiger partial charge < -0.3 is 18.9 Å². The van der Waals surface area contributed by atoms with Crippen molar-refractivity contribution in [3.8, 4) is 5.75 Å². The highest BCUT2D eigenvalue weighted by Gasteiger charge is 2.04. The second-order valence-corrected chi connectivity index (χ2v) is 9.74. The van der Waals surface area contributed by atoms with Crippen molar-refractivity contribution in [1.82, 2.24) is 0 Å². The number of benzene rings is 1. The SMILES string of the molecule is CCCCCCCCCCCCCCCCCCOCCOCCOCCOc1ccc([N+](=O)[O-])cc1. The molecule has 0 heterocycles. The monoisotopic (exact) mass is 523 g/mol. The topological polar surface area (TPSA) is 80.1 Å². The lowest BCUT2D eigenvalue weighted by Crippen LogP contribution is -2.13. The van der Waals surface area contributed by atoms with Crippen LogP contribution in [0, 0.1) is 10.1 Å². The molecule has 1 rings (SSSR count). The van der Waals surface area contributed by atoms with E-state index in [0.29, 0.717) is 45.4 Å². The van der Waals surface area contributed by atoms with Crippen molar-refractivity contribution >= 4 is 5.69 Å². The summed E-state index contributed by atoms with van der Waals surface area (Å²) in [5.74, 6) is 0.590. The highest BCUT2D eigenvalue weighted by molar-refractivity contribution is 5.35. The van der Waals surface area contributed by atoms with Crippen molar-refractivity contribution in [2.24, 2.45) is 0 Å². The molecule has 7 nitrogen and oxygen atoms in total. The molecule has 0 radical (unpaired) electrons. The fraction of sp³-hybridized carbons (Fsp3) is 0.800. The molecule has 0 amide bonds. The van der Waals surface area contributed by atoms with Crippen LogP contribution in [-0.4, -0.2) is 51.2 Å². The third-order valence-electron chi connectivity index (χ3n) is 6.43. The molecule has 0 saturated carbocycles. The number of non-ortho nitro benzene ring substituents is 1. The van der Waals surface area contributed by atoms with Crippen molar-refractivity contribution in [2.75, 3.05) is 46.2 Å². The molecule has 0 unspecified atom stereocenters. The number of hydrogen-bond acceptors (Lipinski definition) is 6. The fourth-order valence-electron chi connectivity index (χ4n) is 4.18. The van der Waals surface area contributed by atoms with Gasteiger partial charge in [-0.2, -0.15) is 0 Å². The Labute approximate surface area is 225 Å². The first-order valence-electron chi connectivity index (χ1n) is 14.8. The van der Waals surface area contributed by atoms with Crippen molar-refractivity contribution < 1.29 is 23.9 Å². The van der Waals surface area contributed by atoms with E-state index in [1.54, 1.807) is 12.1 Å². The molecular weight excluding hydrogens is 470 g/mol. The van der Waals surface area contributed by atoms with Crippen LogP contribution in [0.25, 0.3) is 0 Å². The van der Waals surface area contributed by atoms with E-state index < -0.39 is 4.92 Å². The maximum absolute atomic E-state index is 10.6. The zero-order valence-corrected chi connectivity index (χ0v) is 23.5. The average molecular weight is 524 g/mol. The molecule has 0 N–H and O–H groups in total. The van der Waals surface area contributed by atoms with Gasteiger partial charge in [-0.25, -0.2) is 0 Å². The molecule has 0 bridgehead atoms. The minimum atomic E-state index is -0.431. The van der Waals surface area contributed by atoms with E-state index in [1.165, 1.54) is 108 Å². The zero-order valence-electron chi connectivity index (χ0n) is 23.5. The largest absolute Gasteiger partial charge is 0.491 e. The van der Waals surface area contributed by atoms with Gasteiger partial charge >= 0.3 is 0 Å². The third kappa shape index (κ3) is 22.0. The number of unbranched alkanes of at least 4 members (excludes halogenated alkanes) is 15. The van der Waals surface area contributed by atoms with Crippen LogP contribution in [0.1, 0.15) is 110 Å². The highest BCUT2D eigenvalue weighted by atomic mass is 16.6. The van der Waals surface area contributed by atoms with E-state index in [2.05, 4.69) is 6.92 Å². The van der Waals surface area contributed by atoms with Gasteiger partial charge in [0.2, 0.25) is 0 Å². The van der Waals surface area contributed by atoms with Crippen LogP contribution in [0.15, 0.2) is 24.3 Å². The Morgan fingerprint density at radius 2 is 0.919 bits per heavy atom. The van der Waals surface area contributed by atoms with Crippen LogP contribution in [-0.2, 0) is 14.2 Å². The fourth-order valence-corrected chi connectivity index (χ4v) is 4.18. The number of nitro groups is 1. The van der Waals surface area contributed by atoms with Crippen LogP contribution >= 0.6 is 0 Å². The molecule has 0 aliphatic rings. The van der Waals surface area contributed by atoms with Gasteiger partial charge in [0.05, 0.1) is 38.0 Å². The summed E-state index contributed by atoms with van der Waals surface area (Å²) in [4.78, 5) is 10.2. The van der Waals surface area contributed by atoms with Gasteiger partial charge in [-0.3, -0.25) is 10.1 Å². The Morgan fingerprint density at radius 1 is 0.541 bits per heavy atom. The van der Waals surface area contributed by atoms with Gasteiger partial charge in [-0.05, 0) is 18.6 Å². The van der Waals surface area contributed by atoms with Gasteiger partial charge in [0.1, 0.15) is 12.4 Å². The molecule has 0 atom stereocenters. The second-order valence-electron chi connectivity index (χ2n) is 9.74. The lowest BCUT2D eigenvalue weighted by Gasteiger charge is -2.08. The van der Waals surface area contributed by atoms with Gasteiger partial charge in [0.15, 0.2) is 0 Å². The van der Waals surface area contributed by atoms with E-state index in [0.717, 1.165) is 13.0 Å². The molecule has 7 heteroatoms. The van der Waals surface area contributed by atoms with Gasteiger partial charge in [-0.1, -0.05) is 103 Å². The first kappa shape index (κ1) is 33.3. The van der Waals surface area contributed by atoms with Crippen LogP contribution in [0.3, 0.4) is 0 Å². The summed E-state index contributed by atoms with van der Waals surface area (Å²) in [5.41, 5.74) is 0.0507. The van der Waals surface area contributed by atoms with Crippen molar-refractivity contribution in [3.63, 3.8) is 0 Å². The van der Waals surface area contributed by atoms with Gasteiger partial charge in [0, 0.05) is 18.7 Å². The summed E-state index contributed by atoms with van der Waals surface area (Å²) in [7, 11) is 0. The molecular formula is C30H53NO6. The number of ether oxygens (including phenoxy) is 4. The maximum atomic E-state index is 10.6. The first-order chi connectivity index (χ1) is 18.2. The van der Waals surface area contributed by atoms with Crippen LogP contribution < -0.4 is 4.74 Å². The molecule has 0 aliphatic heterocycles. The van der Waals surface area contributed by atoms with E-state index >= 15 is 0 Å². The smallest absolute Gasteiger partial charge is 0.269 e. The Balaban J connectivity index is 1.69. The van der Waals surface area contributed by atoms with Crippen LogP contribution in [0.2, 0.25) is 0 Å². The Kier molecular flexibility index (Phi) is 23.4. The number of nitrogens with zero attached hydrogens (tertiary/aromatic N) is 1. The van der Waals surface area contributed by atoms with Crippen LogP contribution in [0.4, 0.5) is 5.69 Å². The van der Waals surface area contributed by atoms with Gasteiger partial charge in [0.25, 0.3) is 5.69 Å². The summed E-state index contributed by atoms with van der Waals surface area (Å²) in [6.45, 7) is 6.17. The summed E-state index contributed by atoms with van der Waals surface area (Å²) < 4.78 is 22.1. The molecule has 0 aliphatic carbocycles. The van der Waals surface area contributed by atoms with E-state index in [4.69, 9.17) is 18.9 Å². The number of hydrogen-bond donors (Lipinski definition) is 0. The van der Waals surface area contributed by atoms with Crippen molar-refractivity contribution in [1.29, 1.82) is 0 Å². The summed E-state index contributed by atoms with van der Waals surface area (Å²) in [5, 5.41) is 10.6. The minimum absolute atomic E-state index is 0.0507. The number of rotatable bonds is 28. The molecule has 1 aromatic carbocycles. The summed E-state index contributed by atoms with van der Waals surface area (Å²) in [6.07, 6.45) is 22.1. The van der Waals surface area contributed by atoms with E-state index in [-0.39, 0.29) is 5.69 Å². The van der Waals surface area contributed by atoms with Gasteiger partial charge in [-0.15, -0.1) is 0 Å². The van der Waals surface area contributed by atoms with Crippen molar-refractivity contribution in [2.45, 2.75) is 110 Å². The normalized spacial score (nSPS) is 11.2. The minimum Gasteiger partial charge on any atom is -0.491 e. The molecule has 0 fully saturated rings. The predicted octanol–water partition coefficient (Wildman–Crippen LogP) is 8.28. The zero-order chi connectivity index (χ0) is 26.7. The molecule has 37 heavy (non-hydrogen) atoms. The lowest BCUT2D eigenvalue weighted by molar-refractivity contribution is -0.384. The standard InChI is InChI=1S/C30H53NO6/c1-2-3-4-5-6-7-8-9-10-11-12-13-14-15-16-17-22-34-23-24-35-25-26-36-27-28-37-30-20-18-29(19-21-30)31(32)33/h18-21H,2-17,22-28H2,1H3. The quantitative estimate of drug-likeness (QED) is 0.0624. The molecule has 0 saturated heterocycles. The molecule has 0 spiro atoms. The Bertz CT molecular complexity index is 625. The Hall–Kier alpha value is -1.70. The molecule has 0 aromatic heterocycles. The molecule has 214 valence electrons. The van der Waals surface area contributed by atoms with Crippen LogP contribution in [0.5, 0.6) is 5.75 Å². The number of nitro benzene ring substituents is 1. The third-order valence-corrected chi connectivity index (χ3v) is 6.43. The Morgan fingerprint density at radius 3 is 1.35 bits per heavy atom. The maximum Gasteiger partial charge on any atom is 0.269 e. The second kappa shape index (κ2) is 25.9. The van der Waals surface area contributed by atoms with E-state index in [1.807, 2.05) is 0 Å². The van der Waals surface area contributed by atoms with E-state index in [9.17, 15) is 10.1 Å². The average Bonchev–Trinajstić information content (AvgIpc) is 2.91. The highest BCUT2D eigenvalue weighted by Crippen LogP contribution is 2.17. The first-order valence-corrected chi connectivity index (χ1v) is 14.8. The summed E-state index contributed by atoms with van der Waals surface area (Å²) in [6, 6.07) is 6.02. The molecule has 1 aromatic rings.